The maximum absolute atomic E-state index is 12.2. The largest absolute Gasteiger partial charge is 0.454 e. The van der Waals surface area contributed by atoms with Gasteiger partial charge in [-0.3, -0.25) is 14.4 Å². The number of nitrogens with zero attached hydrogens (tertiary/aromatic N) is 1. The molecule has 0 unspecified atom stereocenters. The number of benzene rings is 1. The zero-order valence-corrected chi connectivity index (χ0v) is 15.6. The summed E-state index contributed by atoms with van der Waals surface area (Å²) in [5.41, 5.74) is 0.508. The third kappa shape index (κ3) is 5.36. The van der Waals surface area contributed by atoms with Gasteiger partial charge in [-0.1, -0.05) is 17.8 Å². The monoisotopic (exact) mass is 402 g/mol. The number of hydrogen-bond acceptors (Lipinski definition) is 7. The van der Waals surface area contributed by atoms with Gasteiger partial charge in [0.1, 0.15) is 0 Å². The molecule has 1 aliphatic heterocycles. The van der Waals surface area contributed by atoms with Crippen LogP contribution in [0.25, 0.3) is 0 Å². The number of hydrogen-bond donors (Lipinski definition) is 3. The molecule has 3 N–H and O–H groups in total. The minimum atomic E-state index is -0.389. The Bertz CT molecular complexity index is 959. The van der Waals surface area contributed by atoms with Crippen LogP contribution in [0.1, 0.15) is 5.69 Å². The van der Waals surface area contributed by atoms with Gasteiger partial charge < -0.3 is 25.1 Å². The van der Waals surface area contributed by atoms with Crippen LogP contribution in [0.15, 0.2) is 46.9 Å². The summed E-state index contributed by atoms with van der Waals surface area (Å²) in [6.45, 7) is 4.01. The van der Waals surface area contributed by atoms with Crippen LogP contribution in [0.3, 0.4) is 0 Å². The van der Waals surface area contributed by atoms with Gasteiger partial charge in [0.25, 0.3) is 5.56 Å². The summed E-state index contributed by atoms with van der Waals surface area (Å²) >= 11 is 1.06. The van der Waals surface area contributed by atoms with Gasteiger partial charge >= 0.3 is 0 Å². The molecule has 0 saturated carbocycles. The average Bonchev–Trinajstić information content (AvgIpc) is 3.12. The molecule has 1 aromatic heterocycles. The molecule has 2 amide bonds. The highest BCUT2D eigenvalue weighted by atomic mass is 32.2. The SMILES string of the molecule is C=CCNC(=O)Cc1cc(=O)[nH]c(SCC(=O)Nc2ccc3c(c2)OCO3)n1. The van der Waals surface area contributed by atoms with Crippen molar-refractivity contribution >= 4 is 29.3 Å². The lowest BCUT2D eigenvalue weighted by Crippen LogP contribution is -2.26. The molecule has 2 aromatic rings. The van der Waals surface area contributed by atoms with E-state index in [1.807, 2.05) is 0 Å². The van der Waals surface area contributed by atoms with Crippen molar-refractivity contribution in [1.82, 2.24) is 15.3 Å². The second-order valence-corrected chi connectivity index (χ2v) is 6.68. The molecule has 28 heavy (non-hydrogen) atoms. The van der Waals surface area contributed by atoms with Crippen LogP contribution < -0.4 is 25.7 Å². The average molecular weight is 402 g/mol. The standard InChI is InChI=1S/C18H18N4O5S/c1-2-5-19-15(23)7-12-8-16(24)22-18(21-12)28-9-17(25)20-11-3-4-13-14(6-11)27-10-26-13/h2-4,6,8H,1,5,7,9-10H2,(H,19,23)(H,20,25)(H,21,22,24). The van der Waals surface area contributed by atoms with Gasteiger partial charge in [0.15, 0.2) is 16.7 Å². The second-order valence-electron chi connectivity index (χ2n) is 5.72. The number of amides is 2. The van der Waals surface area contributed by atoms with Crippen molar-refractivity contribution in [3.05, 3.63) is 53.0 Å². The van der Waals surface area contributed by atoms with Gasteiger partial charge in [-0.15, -0.1) is 6.58 Å². The first kappa shape index (κ1) is 19.5. The summed E-state index contributed by atoms with van der Waals surface area (Å²) in [5.74, 6) is 0.681. The molecule has 2 heterocycles. The van der Waals surface area contributed by atoms with Crippen molar-refractivity contribution in [3.8, 4) is 11.5 Å². The quantitative estimate of drug-likeness (QED) is 0.343. The fourth-order valence-electron chi connectivity index (χ4n) is 2.36. The number of fused-ring (bicyclic) bond motifs is 1. The number of aromatic amines is 1. The maximum atomic E-state index is 12.2. The zero-order chi connectivity index (χ0) is 19.9. The van der Waals surface area contributed by atoms with E-state index < -0.39 is 0 Å². The number of thioether (sulfide) groups is 1. The molecule has 0 spiro atoms. The van der Waals surface area contributed by atoms with Crippen LogP contribution in [-0.4, -0.2) is 40.9 Å². The first-order chi connectivity index (χ1) is 13.5. The molecule has 0 atom stereocenters. The maximum Gasteiger partial charge on any atom is 0.251 e. The Morgan fingerprint density at radius 2 is 2.07 bits per heavy atom. The molecule has 146 valence electrons. The van der Waals surface area contributed by atoms with Crippen molar-refractivity contribution in [3.63, 3.8) is 0 Å². The van der Waals surface area contributed by atoms with Crippen LogP contribution in [0.2, 0.25) is 0 Å². The van der Waals surface area contributed by atoms with Gasteiger partial charge in [-0.25, -0.2) is 4.98 Å². The predicted octanol–water partition coefficient (Wildman–Crippen LogP) is 1.07. The van der Waals surface area contributed by atoms with Crippen molar-refractivity contribution < 1.29 is 19.1 Å². The van der Waals surface area contributed by atoms with Gasteiger partial charge in [-0.05, 0) is 12.1 Å². The van der Waals surface area contributed by atoms with E-state index in [1.165, 1.54) is 6.07 Å². The number of aromatic nitrogens is 2. The van der Waals surface area contributed by atoms with E-state index >= 15 is 0 Å². The number of anilines is 1. The van der Waals surface area contributed by atoms with E-state index in [2.05, 4.69) is 27.2 Å². The van der Waals surface area contributed by atoms with Crippen LogP contribution in [0, 0.1) is 0 Å². The lowest BCUT2D eigenvalue weighted by molar-refractivity contribution is -0.120. The molecule has 0 fully saturated rings. The van der Waals surface area contributed by atoms with Gasteiger partial charge in [0, 0.05) is 24.4 Å². The molecule has 0 saturated heterocycles. The van der Waals surface area contributed by atoms with Crippen molar-refractivity contribution in [2.45, 2.75) is 11.6 Å². The van der Waals surface area contributed by atoms with Crippen LogP contribution in [-0.2, 0) is 16.0 Å². The molecule has 0 radical (unpaired) electrons. The molecule has 10 heteroatoms. The molecule has 1 aromatic carbocycles. The summed E-state index contributed by atoms with van der Waals surface area (Å²) in [6.07, 6.45) is 1.53. The second kappa shape index (κ2) is 9.09. The third-order valence-corrected chi connectivity index (χ3v) is 4.43. The van der Waals surface area contributed by atoms with E-state index in [-0.39, 0.29) is 41.5 Å². The van der Waals surface area contributed by atoms with Gasteiger partial charge in [0.2, 0.25) is 18.6 Å². The highest BCUT2D eigenvalue weighted by molar-refractivity contribution is 7.99. The van der Waals surface area contributed by atoms with E-state index in [1.54, 1.807) is 24.3 Å². The third-order valence-electron chi connectivity index (χ3n) is 3.55. The number of carbonyl (C=O) groups excluding carboxylic acids is 2. The summed E-state index contributed by atoms with van der Waals surface area (Å²) in [7, 11) is 0. The normalized spacial score (nSPS) is 11.7. The fraction of sp³-hybridized carbons (Fsp3) is 0.222. The summed E-state index contributed by atoms with van der Waals surface area (Å²) in [5, 5.41) is 5.62. The van der Waals surface area contributed by atoms with Crippen LogP contribution >= 0.6 is 11.8 Å². The Morgan fingerprint density at radius 3 is 2.89 bits per heavy atom. The van der Waals surface area contributed by atoms with E-state index in [0.717, 1.165) is 11.8 Å². The fourth-order valence-corrected chi connectivity index (χ4v) is 3.06. The summed E-state index contributed by atoms with van der Waals surface area (Å²) < 4.78 is 10.5. The lowest BCUT2D eigenvalue weighted by atomic mass is 10.3. The lowest BCUT2D eigenvalue weighted by Gasteiger charge is -2.07. The minimum Gasteiger partial charge on any atom is -0.454 e. The molecular formula is C18H18N4O5S. The highest BCUT2D eigenvalue weighted by Crippen LogP contribution is 2.34. The van der Waals surface area contributed by atoms with Gasteiger partial charge in [-0.2, -0.15) is 0 Å². The molecule has 9 nitrogen and oxygen atoms in total. The Kier molecular flexibility index (Phi) is 6.33. The van der Waals surface area contributed by atoms with Crippen LogP contribution in [0.4, 0.5) is 5.69 Å². The number of nitrogens with one attached hydrogen (secondary N) is 3. The first-order valence-electron chi connectivity index (χ1n) is 8.33. The number of rotatable bonds is 8. The van der Waals surface area contributed by atoms with Gasteiger partial charge in [0.05, 0.1) is 17.9 Å². The van der Waals surface area contributed by atoms with E-state index in [4.69, 9.17) is 9.47 Å². The molecular weight excluding hydrogens is 384 g/mol. The molecule has 3 rings (SSSR count). The predicted molar refractivity (Wildman–Crippen MR) is 104 cm³/mol. The molecule has 0 bridgehead atoms. The summed E-state index contributed by atoms with van der Waals surface area (Å²) in [6, 6.07) is 6.35. The van der Waals surface area contributed by atoms with E-state index in [9.17, 15) is 14.4 Å². The highest BCUT2D eigenvalue weighted by Gasteiger charge is 2.14. The van der Waals surface area contributed by atoms with Crippen molar-refractivity contribution in [2.24, 2.45) is 0 Å². The molecule has 1 aliphatic rings. The molecule has 0 aliphatic carbocycles. The number of H-pyrrole nitrogens is 1. The zero-order valence-electron chi connectivity index (χ0n) is 14.8. The van der Waals surface area contributed by atoms with Crippen molar-refractivity contribution in [1.29, 1.82) is 0 Å². The van der Waals surface area contributed by atoms with E-state index in [0.29, 0.717) is 29.4 Å². The Hall–Kier alpha value is -3.27. The number of carbonyl (C=O) groups is 2. The smallest absolute Gasteiger partial charge is 0.251 e. The Labute approximate surface area is 164 Å². The Balaban J connectivity index is 1.56. The van der Waals surface area contributed by atoms with Crippen molar-refractivity contribution in [2.75, 3.05) is 24.4 Å². The van der Waals surface area contributed by atoms with Crippen LogP contribution in [0.5, 0.6) is 11.5 Å². The first-order valence-corrected chi connectivity index (χ1v) is 9.32. The minimum absolute atomic E-state index is 0.0312. The Morgan fingerprint density at radius 1 is 1.25 bits per heavy atom. The summed E-state index contributed by atoms with van der Waals surface area (Å²) in [4.78, 5) is 42.4. The topological polar surface area (TPSA) is 122 Å². The number of ether oxygens (including phenoxy) is 2.